The van der Waals surface area contributed by atoms with E-state index in [4.69, 9.17) is 5.11 Å². The fraction of sp³-hybridized carbons (Fsp3) is 0.556. The summed E-state index contributed by atoms with van der Waals surface area (Å²) in [4.78, 5) is 10.9. The lowest BCUT2D eigenvalue weighted by Gasteiger charge is -2.15. The van der Waals surface area contributed by atoms with Crippen molar-refractivity contribution in [2.45, 2.75) is 32.4 Å². The Bertz CT molecular complexity index is 335. The number of aromatic amines is 1. The second-order valence-corrected chi connectivity index (χ2v) is 3.46. The highest BCUT2D eigenvalue weighted by molar-refractivity contribution is 5.39. The zero-order chi connectivity index (χ0) is 10.6. The Morgan fingerprint density at radius 3 is 2.93 bits per heavy atom. The Balaban J connectivity index is 2.56. The van der Waals surface area contributed by atoms with Crippen molar-refractivity contribution in [3.8, 4) is 0 Å². The van der Waals surface area contributed by atoms with Crippen LogP contribution in [0.3, 0.4) is 0 Å². The van der Waals surface area contributed by atoms with Gasteiger partial charge in [0.05, 0.1) is 18.0 Å². The van der Waals surface area contributed by atoms with Gasteiger partial charge in [0.1, 0.15) is 0 Å². The van der Waals surface area contributed by atoms with Crippen LogP contribution in [0.5, 0.6) is 0 Å². The first-order valence-electron chi connectivity index (χ1n) is 4.57. The molecule has 1 heterocycles. The molecule has 14 heavy (non-hydrogen) atoms. The molecular formula is C9H15N3O2. The van der Waals surface area contributed by atoms with Crippen molar-refractivity contribution >= 4 is 5.69 Å². The van der Waals surface area contributed by atoms with Crippen LogP contribution in [-0.2, 0) is 0 Å². The lowest BCUT2D eigenvalue weighted by Crippen LogP contribution is -2.21. The van der Waals surface area contributed by atoms with Gasteiger partial charge in [0, 0.05) is 12.1 Å². The summed E-state index contributed by atoms with van der Waals surface area (Å²) in [5, 5.41) is 18.1. The van der Waals surface area contributed by atoms with E-state index in [9.17, 15) is 4.79 Å². The van der Waals surface area contributed by atoms with Crippen LogP contribution in [0.1, 0.15) is 20.3 Å². The minimum atomic E-state index is -0.354. The number of rotatable bonds is 4. The van der Waals surface area contributed by atoms with Gasteiger partial charge in [0.2, 0.25) is 0 Å². The molecule has 0 spiro atoms. The highest BCUT2D eigenvalue weighted by atomic mass is 16.3. The topological polar surface area (TPSA) is 78.0 Å². The minimum absolute atomic E-state index is 0.110. The van der Waals surface area contributed by atoms with Crippen molar-refractivity contribution in [1.82, 2.24) is 10.2 Å². The molecule has 0 bridgehead atoms. The second-order valence-electron chi connectivity index (χ2n) is 3.46. The number of aromatic nitrogens is 2. The SMILES string of the molecule is CC(O)CC(C)Nc1cn[nH]c(=O)c1. The zero-order valence-electron chi connectivity index (χ0n) is 8.32. The maximum atomic E-state index is 10.9. The van der Waals surface area contributed by atoms with Crippen LogP contribution in [0.15, 0.2) is 17.1 Å². The van der Waals surface area contributed by atoms with Gasteiger partial charge < -0.3 is 10.4 Å². The number of nitrogens with zero attached hydrogens (tertiary/aromatic N) is 1. The Kier molecular flexibility index (Phi) is 3.64. The molecule has 1 aromatic rings. The molecule has 0 saturated heterocycles. The van der Waals surface area contributed by atoms with Crippen molar-refractivity contribution in [2.24, 2.45) is 0 Å². The maximum absolute atomic E-state index is 10.9. The molecule has 5 heteroatoms. The maximum Gasteiger partial charge on any atom is 0.266 e. The van der Waals surface area contributed by atoms with Gasteiger partial charge in [0.15, 0.2) is 0 Å². The lowest BCUT2D eigenvalue weighted by molar-refractivity contribution is 0.179. The molecule has 2 unspecified atom stereocenters. The average Bonchev–Trinajstić information content (AvgIpc) is 2.01. The van der Waals surface area contributed by atoms with Crippen LogP contribution in [0.2, 0.25) is 0 Å². The van der Waals surface area contributed by atoms with Gasteiger partial charge in [-0.1, -0.05) is 0 Å². The smallest absolute Gasteiger partial charge is 0.266 e. The summed E-state index contributed by atoms with van der Waals surface area (Å²) in [5.74, 6) is 0. The first kappa shape index (κ1) is 10.7. The van der Waals surface area contributed by atoms with Gasteiger partial charge >= 0.3 is 0 Å². The van der Waals surface area contributed by atoms with Gasteiger partial charge in [-0.3, -0.25) is 4.79 Å². The fourth-order valence-electron chi connectivity index (χ4n) is 1.31. The van der Waals surface area contributed by atoms with E-state index in [1.54, 1.807) is 13.1 Å². The summed E-state index contributed by atoms with van der Waals surface area (Å²) >= 11 is 0. The predicted octanol–water partition coefficient (Wildman–Crippen LogP) is 0.341. The van der Waals surface area contributed by atoms with E-state index in [1.807, 2.05) is 6.92 Å². The number of hydrogen-bond acceptors (Lipinski definition) is 4. The summed E-state index contributed by atoms with van der Waals surface area (Å²) in [5.41, 5.74) is 0.432. The van der Waals surface area contributed by atoms with Gasteiger partial charge in [-0.05, 0) is 20.3 Å². The average molecular weight is 197 g/mol. The Hall–Kier alpha value is -1.36. The van der Waals surface area contributed by atoms with Crippen LogP contribution >= 0.6 is 0 Å². The zero-order valence-corrected chi connectivity index (χ0v) is 8.32. The number of nitrogens with one attached hydrogen (secondary N) is 2. The fourth-order valence-corrected chi connectivity index (χ4v) is 1.31. The summed E-state index contributed by atoms with van der Waals surface area (Å²) in [6.07, 6.45) is 1.82. The van der Waals surface area contributed by atoms with Gasteiger partial charge in [-0.25, -0.2) is 5.10 Å². The van der Waals surface area contributed by atoms with E-state index in [-0.39, 0.29) is 17.7 Å². The van der Waals surface area contributed by atoms with Crippen molar-refractivity contribution < 1.29 is 5.11 Å². The second kappa shape index (κ2) is 4.76. The first-order chi connectivity index (χ1) is 6.58. The molecule has 0 saturated carbocycles. The monoisotopic (exact) mass is 197 g/mol. The molecule has 0 aromatic carbocycles. The van der Waals surface area contributed by atoms with E-state index in [1.165, 1.54) is 6.07 Å². The van der Waals surface area contributed by atoms with Crippen LogP contribution < -0.4 is 10.9 Å². The Morgan fingerprint density at radius 2 is 2.36 bits per heavy atom. The molecule has 3 N–H and O–H groups in total. The molecular weight excluding hydrogens is 182 g/mol. The number of hydrogen-bond donors (Lipinski definition) is 3. The normalized spacial score (nSPS) is 14.8. The van der Waals surface area contributed by atoms with Crippen LogP contribution in [0, 0.1) is 0 Å². The molecule has 2 atom stereocenters. The van der Waals surface area contributed by atoms with Crippen LogP contribution in [0.4, 0.5) is 5.69 Å². The quantitative estimate of drug-likeness (QED) is 0.650. The van der Waals surface area contributed by atoms with E-state index in [0.29, 0.717) is 12.1 Å². The third-order valence-corrected chi connectivity index (χ3v) is 1.77. The molecule has 0 aliphatic carbocycles. The standard InChI is InChI=1S/C9H15N3O2/c1-6(3-7(2)13)11-8-4-9(14)12-10-5-8/h4-7,13H,3H2,1-2H3,(H2,11,12,14). The number of aliphatic hydroxyl groups excluding tert-OH is 1. The number of H-pyrrole nitrogens is 1. The van der Waals surface area contributed by atoms with Crippen molar-refractivity contribution in [2.75, 3.05) is 5.32 Å². The minimum Gasteiger partial charge on any atom is -0.393 e. The van der Waals surface area contributed by atoms with Gasteiger partial charge in [-0.15, -0.1) is 0 Å². The summed E-state index contributed by atoms with van der Waals surface area (Å²) < 4.78 is 0. The number of anilines is 1. The molecule has 78 valence electrons. The molecule has 0 aliphatic rings. The summed E-state index contributed by atoms with van der Waals surface area (Å²) in [6.45, 7) is 3.67. The van der Waals surface area contributed by atoms with Gasteiger partial charge in [0.25, 0.3) is 5.56 Å². The van der Waals surface area contributed by atoms with Crippen LogP contribution in [0.25, 0.3) is 0 Å². The van der Waals surface area contributed by atoms with E-state index in [2.05, 4.69) is 15.5 Å². The van der Waals surface area contributed by atoms with E-state index < -0.39 is 0 Å². The van der Waals surface area contributed by atoms with E-state index >= 15 is 0 Å². The molecule has 0 radical (unpaired) electrons. The molecule has 1 aromatic heterocycles. The predicted molar refractivity (Wildman–Crippen MR) is 54.2 cm³/mol. The van der Waals surface area contributed by atoms with Gasteiger partial charge in [-0.2, -0.15) is 5.10 Å². The number of aliphatic hydroxyl groups is 1. The van der Waals surface area contributed by atoms with Crippen molar-refractivity contribution in [3.05, 3.63) is 22.6 Å². The molecule has 0 aliphatic heterocycles. The third kappa shape index (κ3) is 3.57. The molecule has 0 amide bonds. The highest BCUT2D eigenvalue weighted by Gasteiger charge is 2.05. The highest BCUT2D eigenvalue weighted by Crippen LogP contribution is 2.06. The molecule has 1 rings (SSSR count). The first-order valence-corrected chi connectivity index (χ1v) is 4.57. The largest absolute Gasteiger partial charge is 0.393 e. The van der Waals surface area contributed by atoms with Crippen molar-refractivity contribution in [3.63, 3.8) is 0 Å². The Morgan fingerprint density at radius 1 is 1.64 bits per heavy atom. The molecule has 5 nitrogen and oxygen atoms in total. The third-order valence-electron chi connectivity index (χ3n) is 1.77. The van der Waals surface area contributed by atoms with E-state index in [0.717, 1.165) is 0 Å². The summed E-state index contributed by atoms with van der Waals surface area (Å²) in [7, 11) is 0. The molecule has 0 fully saturated rings. The lowest BCUT2D eigenvalue weighted by atomic mass is 10.1. The van der Waals surface area contributed by atoms with Crippen molar-refractivity contribution in [1.29, 1.82) is 0 Å². The summed E-state index contributed by atoms with van der Waals surface area (Å²) in [6, 6.07) is 1.55. The Labute approximate surface area is 82.2 Å². The van der Waals surface area contributed by atoms with Crippen LogP contribution in [-0.4, -0.2) is 27.4 Å².